The van der Waals surface area contributed by atoms with Crippen molar-refractivity contribution in [2.75, 3.05) is 11.9 Å². The SMILES string of the molecule is Cc1[nH]ncc1S(=O)(=O)N1CCCCCC1CBr. The van der Waals surface area contributed by atoms with E-state index in [9.17, 15) is 8.42 Å². The Hall–Kier alpha value is -0.400. The number of aromatic nitrogens is 2. The minimum atomic E-state index is -3.42. The van der Waals surface area contributed by atoms with Gasteiger partial charge in [-0.25, -0.2) is 8.42 Å². The molecule has 2 heterocycles. The van der Waals surface area contributed by atoms with Gasteiger partial charge in [-0.1, -0.05) is 28.8 Å². The summed E-state index contributed by atoms with van der Waals surface area (Å²) in [6.45, 7) is 2.34. The van der Waals surface area contributed by atoms with E-state index in [4.69, 9.17) is 0 Å². The van der Waals surface area contributed by atoms with Crippen molar-refractivity contribution >= 4 is 26.0 Å². The van der Waals surface area contributed by atoms with E-state index in [2.05, 4.69) is 26.1 Å². The van der Waals surface area contributed by atoms with E-state index < -0.39 is 10.0 Å². The number of sulfonamides is 1. The second-order valence-electron chi connectivity index (χ2n) is 4.63. The number of aryl methyl sites for hydroxylation is 1. The number of halogens is 1. The molecule has 2 rings (SSSR count). The Bertz CT molecular complexity index is 500. The first-order chi connectivity index (χ1) is 8.57. The number of H-pyrrole nitrogens is 1. The monoisotopic (exact) mass is 335 g/mol. The van der Waals surface area contributed by atoms with Gasteiger partial charge < -0.3 is 0 Å². The maximum absolute atomic E-state index is 12.6. The third kappa shape index (κ3) is 2.62. The van der Waals surface area contributed by atoms with Crippen molar-refractivity contribution < 1.29 is 8.42 Å². The van der Waals surface area contributed by atoms with E-state index in [0.29, 0.717) is 22.5 Å². The van der Waals surface area contributed by atoms with Gasteiger partial charge in [0.25, 0.3) is 0 Å². The third-order valence-corrected chi connectivity index (χ3v) is 6.18. The molecule has 1 aromatic rings. The quantitative estimate of drug-likeness (QED) is 0.859. The van der Waals surface area contributed by atoms with E-state index in [1.54, 1.807) is 11.2 Å². The lowest BCUT2D eigenvalue weighted by atomic mass is 10.1. The minimum Gasteiger partial charge on any atom is -0.281 e. The Balaban J connectivity index is 2.35. The van der Waals surface area contributed by atoms with Crippen molar-refractivity contribution in [2.24, 2.45) is 0 Å². The van der Waals surface area contributed by atoms with Crippen LogP contribution in [-0.4, -0.2) is 40.8 Å². The molecule has 1 N–H and O–H groups in total. The van der Waals surface area contributed by atoms with Gasteiger partial charge in [-0.3, -0.25) is 5.10 Å². The molecular formula is C11H18BrN3O2S. The molecule has 5 nitrogen and oxygen atoms in total. The Morgan fingerprint density at radius 2 is 2.28 bits per heavy atom. The van der Waals surface area contributed by atoms with Gasteiger partial charge in [-0.05, 0) is 19.8 Å². The number of rotatable bonds is 3. The van der Waals surface area contributed by atoms with Crippen molar-refractivity contribution in [2.45, 2.75) is 43.5 Å². The van der Waals surface area contributed by atoms with Crippen LogP contribution in [0.3, 0.4) is 0 Å². The molecule has 0 bridgehead atoms. The fourth-order valence-electron chi connectivity index (χ4n) is 2.35. The molecule has 1 aliphatic rings. The Kier molecular flexibility index (Phi) is 4.45. The molecule has 1 atom stereocenters. The molecule has 18 heavy (non-hydrogen) atoms. The second kappa shape index (κ2) is 5.71. The van der Waals surface area contributed by atoms with E-state index in [-0.39, 0.29) is 6.04 Å². The highest BCUT2D eigenvalue weighted by Gasteiger charge is 2.33. The van der Waals surface area contributed by atoms with Gasteiger partial charge in [0.05, 0.1) is 11.9 Å². The van der Waals surface area contributed by atoms with Gasteiger partial charge in [0.2, 0.25) is 10.0 Å². The summed E-state index contributed by atoms with van der Waals surface area (Å²) in [7, 11) is -3.42. The molecule has 1 aromatic heterocycles. The lowest BCUT2D eigenvalue weighted by Gasteiger charge is -2.27. The molecular weight excluding hydrogens is 318 g/mol. The van der Waals surface area contributed by atoms with Gasteiger partial charge in [-0.15, -0.1) is 0 Å². The normalized spacial score (nSPS) is 22.9. The van der Waals surface area contributed by atoms with Crippen molar-refractivity contribution in [3.63, 3.8) is 0 Å². The van der Waals surface area contributed by atoms with Gasteiger partial charge in [0.1, 0.15) is 4.90 Å². The van der Waals surface area contributed by atoms with Crippen LogP contribution >= 0.6 is 15.9 Å². The topological polar surface area (TPSA) is 66.1 Å². The summed E-state index contributed by atoms with van der Waals surface area (Å²) in [5.41, 5.74) is 0.604. The van der Waals surface area contributed by atoms with E-state index in [1.807, 2.05) is 0 Å². The van der Waals surface area contributed by atoms with Crippen LogP contribution in [0.2, 0.25) is 0 Å². The predicted octanol–water partition coefficient (Wildman–Crippen LogP) is 2.05. The Labute approximate surface area is 116 Å². The molecule has 1 fully saturated rings. The van der Waals surface area contributed by atoms with Crippen LogP contribution in [0.25, 0.3) is 0 Å². The van der Waals surface area contributed by atoms with Gasteiger partial charge in [-0.2, -0.15) is 9.40 Å². The average molecular weight is 336 g/mol. The molecule has 0 saturated carbocycles. The Morgan fingerprint density at radius 3 is 2.89 bits per heavy atom. The second-order valence-corrected chi connectivity index (χ2v) is 7.14. The van der Waals surface area contributed by atoms with Gasteiger partial charge in [0, 0.05) is 17.9 Å². The first-order valence-corrected chi connectivity index (χ1v) is 8.71. The van der Waals surface area contributed by atoms with Crippen LogP contribution in [0.1, 0.15) is 31.4 Å². The number of hydrogen-bond acceptors (Lipinski definition) is 3. The summed E-state index contributed by atoms with van der Waals surface area (Å²) in [4.78, 5) is 0.301. The van der Waals surface area contributed by atoms with Crippen LogP contribution in [0.5, 0.6) is 0 Å². The summed E-state index contributed by atoms with van der Waals surface area (Å²) in [6.07, 6.45) is 5.44. The molecule has 1 aliphatic heterocycles. The standard InChI is InChI=1S/C11H18BrN3O2S/c1-9-11(8-13-14-9)18(16,17)15-6-4-2-3-5-10(15)7-12/h8,10H,2-7H2,1H3,(H,13,14). The van der Waals surface area contributed by atoms with E-state index in [1.165, 1.54) is 6.20 Å². The fourth-order valence-corrected chi connectivity index (χ4v) is 5.03. The largest absolute Gasteiger partial charge is 0.281 e. The highest BCUT2D eigenvalue weighted by atomic mass is 79.9. The van der Waals surface area contributed by atoms with Gasteiger partial charge >= 0.3 is 0 Å². The summed E-state index contributed by atoms with van der Waals surface area (Å²) < 4.78 is 26.9. The maximum atomic E-state index is 12.6. The molecule has 0 radical (unpaired) electrons. The number of aromatic amines is 1. The number of alkyl halides is 1. The third-order valence-electron chi connectivity index (χ3n) is 3.37. The molecule has 1 saturated heterocycles. The minimum absolute atomic E-state index is 0.0480. The molecule has 0 aromatic carbocycles. The molecule has 0 aliphatic carbocycles. The van der Waals surface area contributed by atoms with Crippen LogP contribution in [0.15, 0.2) is 11.1 Å². The van der Waals surface area contributed by atoms with E-state index >= 15 is 0 Å². The lowest BCUT2D eigenvalue weighted by Crippen LogP contribution is -2.41. The first kappa shape index (κ1) is 14.0. The first-order valence-electron chi connectivity index (χ1n) is 6.15. The average Bonchev–Trinajstić information content (AvgIpc) is 2.65. The Morgan fingerprint density at radius 1 is 1.50 bits per heavy atom. The van der Waals surface area contributed by atoms with Crippen molar-refractivity contribution in [1.82, 2.24) is 14.5 Å². The maximum Gasteiger partial charge on any atom is 0.246 e. The zero-order valence-corrected chi connectivity index (χ0v) is 12.8. The van der Waals surface area contributed by atoms with Crippen LogP contribution in [-0.2, 0) is 10.0 Å². The number of nitrogens with one attached hydrogen (secondary N) is 1. The summed E-state index contributed by atoms with van der Waals surface area (Å²) in [5, 5.41) is 7.19. The van der Waals surface area contributed by atoms with Crippen molar-refractivity contribution in [3.05, 3.63) is 11.9 Å². The number of hydrogen-bond donors (Lipinski definition) is 1. The predicted molar refractivity (Wildman–Crippen MR) is 73.3 cm³/mol. The van der Waals surface area contributed by atoms with Crippen LogP contribution in [0, 0.1) is 6.92 Å². The summed E-state index contributed by atoms with van der Waals surface area (Å²) in [6, 6.07) is 0.0480. The van der Waals surface area contributed by atoms with Crippen molar-refractivity contribution in [3.8, 4) is 0 Å². The zero-order chi connectivity index (χ0) is 13.2. The highest BCUT2D eigenvalue weighted by Crippen LogP contribution is 2.26. The van der Waals surface area contributed by atoms with E-state index in [0.717, 1.165) is 25.7 Å². The molecule has 7 heteroatoms. The highest BCUT2D eigenvalue weighted by molar-refractivity contribution is 9.09. The summed E-state index contributed by atoms with van der Waals surface area (Å²) in [5.74, 6) is 0. The summed E-state index contributed by atoms with van der Waals surface area (Å²) >= 11 is 3.43. The van der Waals surface area contributed by atoms with Crippen LogP contribution in [0.4, 0.5) is 0 Å². The molecule has 102 valence electrons. The molecule has 1 unspecified atom stereocenters. The molecule has 0 spiro atoms. The number of nitrogens with zero attached hydrogens (tertiary/aromatic N) is 2. The van der Waals surface area contributed by atoms with Gasteiger partial charge in [0.15, 0.2) is 0 Å². The molecule has 0 amide bonds. The lowest BCUT2D eigenvalue weighted by molar-refractivity contribution is 0.347. The smallest absolute Gasteiger partial charge is 0.246 e. The fraction of sp³-hybridized carbons (Fsp3) is 0.727. The van der Waals surface area contributed by atoms with Crippen LogP contribution < -0.4 is 0 Å². The van der Waals surface area contributed by atoms with Crippen molar-refractivity contribution in [1.29, 1.82) is 0 Å². The zero-order valence-electron chi connectivity index (χ0n) is 10.4.